The van der Waals surface area contributed by atoms with E-state index in [0.717, 1.165) is 32.1 Å². The van der Waals surface area contributed by atoms with Crippen LogP contribution in [0.1, 0.15) is 55.6 Å². The predicted molar refractivity (Wildman–Crippen MR) is 67.1 cm³/mol. The number of rotatable bonds is 4. The number of aromatic carboxylic acids is 1. The summed E-state index contributed by atoms with van der Waals surface area (Å²) in [5.74, 6) is -0.645. The fourth-order valence-corrected chi connectivity index (χ4v) is 2.67. The third kappa shape index (κ3) is 2.74. The number of carbonyl (C=O) groups is 1. The maximum atomic E-state index is 10.9. The largest absolute Gasteiger partial charge is 0.476 e. The highest BCUT2D eigenvalue weighted by Crippen LogP contribution is 2.34. The summed E-state index contributed by atoms with van der Waals surface area (Å²) in [4.78, 5) is 21.1. The Balaban J connectivity index is 2.20. The Morgan fingerprint density at radius 3 is 2.58 bits per heavy atom. The second-order valence-corrected chi connectivity index (χ2v) is 4.99. The zero-order chi connectivity index (χ0) is 14.0. The number of nitro groups is 1. The van der Waals surface area contributed by atoms with E-state index in [4.69, 9.17) is 5.11 Å². The lowest BCUT2D eigenvalue weighted by Crippen LogP contribution is -2.18. The van der Waals surface area contributed by atoms with Crippen molar-refractivity contribution in [3.63, 3.8) is 0 Å². The minimum absolute atomic E-state index is 0.0783. The molecule has 104 valence electrons. The van der Waals surface area contributed by atoms with Crippen LogP contribution in [0.2, 0.25) is 0 Å². The van der Waals surface area contributed by atoms with Crippen molar-refractivity contribution in [2.45, 2.75) is 45.1 Å². The molecule has 2 rings (SSSR count). The summed E-state index contributed by atoms with van der Waals surface area (Å²) in [5.41, 5.74) is -0.896. The second kappa shape index (κ2) is 5.38. The van der Waals surface area contributed by atoms with Crippen LogP contribution in [0, 0.1) is 16.0 Å². The van der Waals surface area contributed by atoms with E-state index in [-0.39, 0.29) is 6.04 Å². The molecular weight excluding hydrogens is 250 g/mol. The average molecular weight is 267 g/mol. The fourth-order valence-electron chi connectivity index (χ4n) is 2.67. The summed E-state index contributed by atoms with van der Waals surface area (Å²) >= 11 is 0. The Morgan fingerprint density at radius 2 is 2.16 bits per heavy atom. The SMILES string of the molecule is CCC1CCC(n2cc([N+](=O)[O-])c(C(=O)O)n2)CC1. The Labute approximate surface area is 110 Å². The van der Waals surface area contributed by atoms with Crippen molar-refractivity contribution in [1.82, 2.24) is 9.78 Å². The Kier molecular flexibility index (Phi) is 3.82. The van der Waals surface area contributed by atoms with Gasteiger partial charge in [0.2, 0.25) is 5.69 Å². The number of nitrogens with zero attached hydrogens (tertiary/aromatic N) is 3. The quantitative estimate of drug-likeness (QED) is 0.667. The second-order valence-electron chi connectivity index (χ2n) is 4.99. The summed E-state index contributed by atoms with van der Waals surface area (Å²) in [7, 11) is 0. The fraction of sp³-hybridized carbons (Fsp3) is 0.667. The van der Waals surface area contributed by atoms with Gasteiger partial charge >= 0.3 is 11.7 Å². The predicted octanol–water partition coefficient (Wildman–Crippen LogP) is 2.63. The van der Waals surface area contributed by atoms with Gasteiger partial charge in [0.15, 0.2) is 0 Å². The molecule has 0 aliphatic heterocycles. The topological polar surface area (TPSA) is 98.3 Å². The highest BCUT2D eigenvalue weighted by atomic mass is 16.6. The van der Waals surface area contributed by atoms with Crippen molar-refractivity contribution >= 4 is 11.7 Å². The number of hydrogen-bond donors (Lipinski definition) is 1. The molecule has 1 aliphatic rings. The van der Waals surface area contributed by atoms with Gasteiger partial charge in [-0.25, -0.2) is 4.79 Å². The maximum Gasteiger partial charge on any atom is 0.363 e. The zero-order valence-corrected chi connectivity index (χ0v) is 10.8. The van der Waals surface area contributed by atoms with Gasteiger partial charge in [-0.2, -0.15) is 5.10 Å². The van der Waals surface area contributed by atoms with E-state index in [1.54, 1.807) is 0 Å². The van der Waals surface area contributed by atoms with Crippen LogP contribution in [-0.2, 0) is 0 Å². The molecule has 0 saturated heterocycles. The lowest BCUT2D eigenvalue weighted by Gasteiger charge is -2.27. The monoisotopic (exact) mass is 267 g/mol. The smallest absolute Gasteiger partial charge is 0.363 e. The lowest BCUT2D eigenvalue weighted by atomic mass is 9.85. The third-order valence-corrected chi connectivity index (χ3v) is 3.88. The minimum Gasteiger partial charge on any atom is -0.476 e. The van der Waals surface area contributed by atoms with Crippen molar-refractivity contribution in [3.8, 4) is 0 Å². The van der Waals surface area contributed by atoms with Crippen molar-refractivity contribution < 1.29 is 14.8 Å². The summed E-state index contributed by atoms with van der Waals surface area (Å²) in [6.07, 6.45) is 6.33. The van der Waals surface area contributed by atoms with Crippen LogP contribution >= 0.6 is 0 Å². The van der Waals surface area contributed by atoms with E-state index in [1.165, 1.54) is 10.9 Å². The van der Waals surface area contributed by atoms with Gasteiger partial charge in [0.25, 0.3) is 0 Å². The first-order valence-corrected chi connectivity index (χ1v) is 6.49. The van der Waals surface area contributed by atoms with Crippen LogP contribution in [0.5, 0.6) is 0 Å². The molecule has 0 aromatic carbocycles. The molecule has 0 bridgehead atoms. The van der Waals surface area contributed by atoms with E-state index in [2.05, 4.69) is 12.0 Å². The molecule has 1 aliphatic carbocycles. The minimum atomic E-state index is -1.35. The summed E-state index contributed by atoms with van der Waals surface area (Å²) in [6.45, 7) is 2.16. The molecular formula is C12H17N3O4. The summed E-state index contributed by atoms with van der Waals surface area (Å²) in [5, 5.41) is 23.6. The highest BCUT2D eigenvalue weighted by molar-refractivity contribution is 5.89. The van der Waals surface area contributed by atoms with Crippen LogP contribution in [0.15, 0.2) is 6.20 Å². The number of carboxylic acids is 1. The van der Waals surface area contributed by atoms with Crippen LogP contribution in [-0.4, -0.2) is 25.8 Å². The van der Waals surface area contributed by atoms with E-state index < -0.39 is 22.3 Å². The van der Waals surface area contributed by atoms with Gasteiger partial charge in [-0.05, 0) is 31.6 Å². The molecule has 1 fully saturated rings. The van der Waals surface area contributed by atoms with Gasteiger partial charge in [0, 0.05) is 0 Å². The van der Waals surface area contributed by atoms with Crippen LogP contribution in [0.4, 0.5) is 5.69 Å². The van der Waals surface area contributed by atoms with Gasteiger partial charge in [0.1, 0.15) is 6.20 Å². The molecule has 1 saturated carbocycles. The van der Waals surface area contributed by atoms with Gasteiger partial charge in [-0.15, -0.1) is 0 Å². The molecule has 0 amide bonds. The van der Waals surface area contributed by atoms with Gasteiger partial charge in [0.05, 0.1) is 11.0 Å². The number of hydrogen-bond acceptors (Lipinski definition) is 4. The van der Waals surface area contributed by atoms with Crippen LogP contribution < -0.4 is 0 Å². The molecule has 0 atom stereocenters. The van der Waals surface area contributed by atoms with E-state index in [9.17, 15) is 14.9 Å². The maximum absolute atomic E-state index is 10.9. The molecule has 1 aromatic rings. The van der Waals surface area contributed by atoms with Gasteiger partial charge in [-0.1, -0.05) is 13.3 Å². The standard InChI is InChI=1S/C12H17N3O4/c1-2-8-3-5-9(6-4-8)14-7-10(15(18)19)11(13-14)12(16)17/h7-9H,2-6H2,1H3,(H,16,17). The van der Waals surface area contributed by atoms with Crippen molar-refractivity contribution in [2.75, 3.05) is 0 Å². The first kappa shape index (κ1) is 13.5. The summed E-state index contributed by atoms with van der Waals surface area (Å²) in [6, 6.07) is 0.0783. The molecule has 1 heterocycles. The van der Waals surface area contributed by atoms with E-state index >= 15 is 0 Å². The first-order chi connectivity index (χ1) is 9.02. The lowest BCUT2D eigenvalue weighted by molar-refractivity contribution is -0.385. The van der Waals surface area contributed by atoms with E-state index in [0.29, 0.717) is 5.92 Å². The van der Waals surface area contributed by atoms with Crippen LogP contribution in [0.3, 0.4) is 0 Å². The Morgan fingerprint density at radius 1 is 1.53 bits per heavy atom. The normalized spacial score (nSPS) is 23.2. The average Bonchev–Trinajstić information content (AvgIpc) is 2.84. The highest BCUT2D eigenvalue weighted by Gasteiger charge is 2.29. The van der Waals surface area contributed by atoms with Crippen molar-refractivity contribution in [2.24, 2.45) is 5.92 Å². The molecule has 7 heteroatoms. The molecule has 19 heavy (non-hydrogen) atoms. The molecule has 0 radical (unpaired) electrons. The van der Waals surface area contributed by atoms with Gasteiger partial charge < -0.3 is 5.11 Å². The molecule has 0 spiro atoms. The van der Waals surface area contributed by atoms with Crippen molar-refractivity contribution in [3.05, 3.63) is 22.0 Å². The Bertz CT molecular complexity index is 458. The van der Waals surface area contributed by atoms with Gasteiger partial charge in [-0.3, -0.25) is 14.8 Å². The third-order valence-electron chi connectivity index (χ3n) is 3.88. The Hall–Kier alpha value is -1.92. The molecule has 7 nitrogen and oxygen atoms in total. The molecule has 1 N–H and O–H groups in total. The summed E-state index contributed by atoms with van der Waals surface area (Å²) < 4.78 is 1.47. The first-order valence-electron chi connectivity index (χ1n) is 6.49. The molecule has 1 aromatic heterocycles. The van der Waals surface area contributed by atoms with Crippen LogP contribution in [0.25, 0.3) is 0 Å². The number of aromatic nitrogens is 2. The molecule has 0 unspecified atom stereocenters. The van der Waals surface area contributed by atoms with E-state index in [1.807, 2.05) is 0 Å². The van der Waals surface area contributed by atoms with Crippen molar-refractivity contribution in [1.29, 1.82) is 0 Å². The zero-order valence-electron chi connectivity index (χ0n) is 10.8. The number of carboxylic acid groups (broad SMARTS) is 1.